The summed E-state index contributed by atoms with van der Waals surface area (Å²) < 4.78 is 4.58. The van der Waals surface area contributed by atoms with Crippen molar-refractivity contribution in [1.29, 1.82) is 0 Å². The molecule has 1 atom stereocenters. The number of aliphatic hydroxyl groups excluding tert-OH is 1. The van der Waals surface area contributed by atoms with Crippen LogP contribution in [0.15, 0.2) is 10.7 Å². The molecule has 0 spiro atoms. The average Bonchev–Trinajstić information content (AvgIpc) is 2.37. The predicted molar refractivity (Wildman–Crippen MR) is 29.5 cm³/mol. The van der Waals surface area contributed by atoms with Gasteiger partial charge in [-0.15, -0.1) is 5.10 Å². The van der Waals surface area contributed by atoms with Gasteiger partial charge in [0.2, 0.25) is 0 Å². The van der Waals surface area contributed by atoms with Crippen molar-refractivity contribution >= 4 is 0 Å². The molecule has 1 rings (SSSR count). The average molecular weight is 128 g/mol. The van der Waals surface area contributed by atoms with E-state index < -0.39 is 6.10 Å². The zero-order valence-electron chi connectivity index (χ0n) is 5.11. The van der Waals surface area contributed by atoms with Gasteiger partial charge in [0.25, 0.3) is 0 Å². The third kappa shape index (κ3) is 1.26. The first-order chi connectivity index (χ1) is 4.34. The normalized spacial score (nSPS) is 13.6. The molecule has 1 heterocycles. The summed E-state index contributed by atoms with van der Waals surface area (Å²) in [5.41, 5.74) is 0. The number of hydrogen-bond acceptors (Lipinski definition) is 4. The molecule has 0 bridgehead atoms. The Balaban J connectivity index is 2.65. The number of aromatic nitrogens is 2. The number of nitrogens with zero attached hydrogens (tertiary/aromatic N) is 2. The monoisotopic (exact) mass is 128 g/mol. The summed E-state index contributed by atoms with van der Waals surface area (Å²) in [5.74, 6) is 0.428. The van der Waals surface area contributed by atoms with Gasteiger partial charge in [0, 0.05) is 5.27 Å². The molecule has 0 amide bonds. The third-order valence-electron chi connectivity index (χ3n) is 1.09. The molecule has 1 aromatic rings. The Bertz CT molecular complexity index is 161. The molecule has 0 saturated carbocycles. The van der Waals surface area contributed by atoms with Crippen molar-refractivity contribution < 1.29 is 9.63 Å². The quantitative estimate of drug-likeness (QED) is 0.630. The molecule has 0 fully saturated rings. The summed E-state index contributed by atoms with van der Waals surface area (Å²) in [6, 6.07) is 0. The van der Waals surface area contributed by atoms with E-state index in [0.29, 0.717) is 12.2 Å². The van der Waals surface area contributed by atoms with E-state index in [1.807, 2.05) is 6.92 Å². The number of hydrogen-bond donors (Lipinski definition) is 1. The highest BCUT2D eigenvalue weighted by Crippen LogP contribution is 2.12. The van der Waals surface area contributed by atoms with Crippen LogP contribution in [-0.2, 0) is 0 Å². The van der Waals surface area contributed by atoms with Crippen molar-refractivity contribution in [2.24, 2.45) is 0 Å². The minimum absolute atomic E-state index is 0.428. The fraction of sp³-hybridized carbons (Fsp3) is 0.600. The van der Waals surface area contributed by atoms with E-state index in [0.717, 1.165) is 0 Å². The fourth-order valence-corrected chi connectivity index (χ4v) is 0.523. The molecule has 1 N–H and O–H groups in total. The molecule has 4 nitrogen and oxygen atoms in total. The molecule has 0 saturated heterocycles. The summed E-state index contributed by atoms with van der Waals surface area (Å²) in [6.45, 7) is 1.85. The lowest BCUT2D eigenvalue weighted by molar-refractivity contribution is 0.135. The Kier molecular flexibility index (Phi) is 1.79. The van der Waals surface area contributed by atoms with Gasteiger partial charge in [0.15, 0.2) is 5.76 Å². The summed E-state index contributed by atoms with van der Waals surface area (Å²) in [4.78, 5) is 0. The first-order valence-electron chi connectivity index (χ1n) is 2.80. The molecule has 50 valence electrons. The van der Waals surface area contributed by atoms with Crippen LogP contribution in [0.25, 0.3) is 0 Å². The van der Waals surface area contributed by atoms with Crippen molar-refractivity contribution in [3.05, 3.63) is 12.0 Å². The van der Waals surface area contributed by atoms with Crippen molar-refractivity contribution in [3.63, 3.8) is 0 Å². The Labute approximate surface area is 52.5 Å². The Morgan fingerprint density at radius 3 is 3.11 bits per heavy atom. The number of rotatable bonds is 2. The van der Waals surface area contributed by atoms with E-state index in [-0.39, 0.29) is 0 Å². The van der Waals surface area contributed by atoms with Crippen LogP contribution in [0.3, 0.4) is 0 Å². The SMILES string of the molecule is CCC(O)c1cnno1. The van der Waals surface area contributed by atoms with Crippen LogP contribution >= 0.6 is 0 Å². The minimum atomic E-state index is -0.556. The Hall–Kier alpha value is -0.900. The Morgan fingerprint density at radius 1 is 1.89 bits per heavy atom. The molecule has 9 heavy (non-hydrogen) atoms. The molecule has 1 aromatic heterocycles. The van der Waals surface area contributed by atoms with Gasteiger partial charge in [-0.3, -0.25) is 0 Å². The highest BCUT2D eigenvalue weighted by Gasteiger charge is 2.07. The van der Waals surface area contributed by atoms with Gasteiger partial charge < -0.3 is 9.63 Å². The van der Waals surface area contributed by atoms with E-state index in [1.54, 1.807) is 0 Å². The van der Waals surface area contributed by atoms with Gasteiger partial charge >= 0.3 is 0 Å². The van der Waals surface area contributed by atoms with E-state index in [4.69, 9.17) is 5.11 Å². The van der Waals surface area contributed by atoms with Crippen molar-refractivity contribution in [1.82, 2.24) is 10.4 Å². The fourth-order valence-electron chi connectivity index (χ4n) is 0.523. The summed E-state index contributed by atoms with van der Waals surface area (Å²) in [6.07, 6.45) is 1.48. The largest absolute Gasteiger partial charge is 0.385 e. The zero-order chi connectivity index (χ0) is 6.69. The molecular weight excluding hydrogens is 120 g/mol. The molecule has 0 aliphatic rings. The van der Waals surface area contributed by atoms with Gasteiger partial charge in [0.1, 0.15) is 6.10 Å². The van der Waals surface area contributed by atoms with Crippen LogP contribution in [-0.4, -0.2) is 15.5 Å². The molecule has 0 aromatic carbocycles. The summed E-state index contributed by atoms with van der Waals surface area (Å²) in [7, 11) is 0. The summed E-state index contributed by atoms with van der Waals surface area (Å²) >= 11 is 0. The van der Waals surface area contributed by atoms with E-state index in [9.17, 15) is 0 Å². The first kappa shape index (κ1) is 6.22. The maximum atomic E-state index is 9.04. The second-order valence-corrected chi connectivity index (χ2v) is 1.74. The van der Waals surface area contributed by atoms with Crippen molar-refractivity contribution in [2.45, 2.75) is 19.4 Å². The lowest BCUT2D eigenvalue weighted by Gasteiger charge is -1.97. The van der Waals surface area contributed by atoms with E-state index >= 15 is 0 Å². The molecular formula is C5H8N2O2. The first-order valence-corrected chi connectivity index (χ1v) is 2.80. The van der Waals surface area contributed by atoms with Crippen molar-refractivity contribution in [3.8, 4) is 0 Å². The topological polar surface area (TPSA) is 59.2 Å². The zero-order valence-corrected chi connectivity index (χ0v) is 5.11. The molecule has 0 aliphatic carbocycles. The van der Waals surface area contributed by atoms with E-state index in [2.05, 4.69) is 14.9 Å². The Morgan fingerprint density at radius 2 is 2.67 bits per heavy atom. The van der Waals surface area contributed by atoms with Crippen LogP contribution in [0.2, 0.25) is 0 Å². The van der Waals surface area contributed by atoms with Crippen LogP contribution in [0.4, 0.5) is 0 Å². The highest BCUT2D eigenvalue weighted by atomic mass is 16.5. The molecule has 1 unspecified atom stereocenters. The van der Waals surface area contributed by atoms with E-state index in [1.165, 1.54) is 6.20 Å². The maximum absolute atomic E-state index is 9.04. The standard InChI is InChI=1S/C5H8N2O2/c1-2-4(8)5-3-6-7-9-5/h3-4,8H,2H2,1H3. The van der Waals surface area contributed by atoms with Gasteiger partial charge in [-0.1, -0.05) is 6.92 Å². The second-order valence-electron chi connectivity index (χ2n) is 1.74. The molecule has 0 radical (unpaired) electrons. The second kappa shape index (κ2) is 2.59. The van der Waals surface area contributed by atoms with Crippen LogP contribution in [0.5, 0.6) is 0 Å². The van der Waals surface area contributed by atoms with Crippen LogP contribution in [0.1, 0.15) is 25.2 Å². The van der Waals surface area contributed by atoms with Gasteiger partial charge in [-0.2, -0.15) is 0 Å². The van der Waals surface area contributed by atoms with Crippen molar-refractivity contribution in [2.75, 3.05) is 0 Å². The van der Waals surface area contributed by atoms with Gasteiger partial charge in [-0.25, -0.2) is 0 Å². The van der Waals surface area contributed by atoms with Crippen LogP contribution in [0, 0.1) is 0 Å². The number of aliphatic hydroxyl groups is 1. The van der Waals surface area contributed by atoms with Crippen LogP contribution < -0.4 is 0 Å². The molecule has 0 aliphatic heterocycles. The smallest absolute Gasteiger partial charge is 0.185 e. The maximum Gasteiger partial charge on any atom is 0.185 e. The predicted octanol–water partition coefficient (Wildman–Crippen LogP) is 0.513. The minimum Gasteiger partial charge on any atom is -0.385 e. The van der Waals surface area contributed by atoms with Gasteiger partial charge in [-0.05, 0) is 6.42 Å². The van der Waals surface area contributed by atoms with Gasteiger partial charge in [0.05, 0.1) is 6.20 Å². The highest BCUT2D eigenvalue weighted by molar-refractivity contribution is 4.89. The lowest BCUT2D eigenvalue weighted by atomic mass is 10.2. The molecule has 4 heteroatoms. The lowest BCUT2D eigenvalue weighted by Crippen LogP contribution is -1.91. The third-order valence-corrected chi connectivity index (χ3v) is 1.09. The summed E-state index contributed by atoms with van der Waals surface area (Å²) in [5, 5.41) is 15.7.